The molecule has 41 heavy (non-hydrogen) atoms. The molecule has 0 unspecified atom stereocenters. The summed E-state index contributed by atoms with van der Waals surface area (Å²) in [5.74, 6) is 0. The van der Waals surface area contributed by atoms with Gasteiger partial charge in [0.25, 0.3) is 0 Å². The molecule has 244 valence electrons. The molecule has 0 fully saturated rings. The van der Waals surface area contributed by atoms with Gasteiger partial charge in [-0.3, -0.25) is 0 Å². The number of rotatable bonds is 3. The van der Waals surface area contributed by atoms with E-state index in [4.69, 9.17) is 0 Å². The van der Waals surface area contributed by atoms with E-state index in [1.165, 1.54) is 0 Å². The Hall–Kier alpha value is -0.429. The minimum atomic E-state index is -5.50. The lowest BCUT2D eigenvalue weighted by Crippen LogP contribution is -2.45. The van der Waals surface area contributed by atoms with Gasteiger partial charge in [0.15, 0.2) is 0 Å². The Morgan fingerprint density at radius 1 is 0.585 bits per heavy atom. The molecule has 0 aliphatic heterocycles. The van der Waals surface area contributed by atoms with Crippen LogP contribution in [-0.2, 0) is 14.0 Å². The summed E-state index contributed by atoms with van der Waals surface area (Å²) in [7, 11) is -9.03. The molecule has 0 saturated carbocycles. The molecule has 10 heteroatoms. The van der Waals surface area contributed by atoms with E-state index in [2.05, 4.69) is 117 Å². The Bertz CT molecular complexity index is 961. The van der Waals surface area contributed by atoms with Gasteiger partial charge in [-0.15, -0.1) is 0 Å². The Labute approximate surface area is 258 Å². The topological polar surface area (TPSA) is 43.4 Å². The van der Waals surface area contributed by atoms with Crippen molar-refractivity contribution in [2.75, 3.05) is 0 Å². The fourth-order valence-electron chi connectivity index (χ4n) is 6.30. The van der Waals surface area contributed by atoms with Crippen molar-refractivity contribution in [3.63, 3.8) is 0 Å². The second-order valence-corrected chi connectivity index (χ2v) is 33.9. The highest BCUT2D eigenvalue weighted by atomic mass is 32.2. The van der Waals surface area contributed by atoms with E-state index < -0.39 is 43.5 Å². The first-order chi connectivity index (χ1) is 17.5. The van der Waals surface area contributed by atoms with Gasteiger partial charge < -0.3 is 3.87 Å². The van der Waals surface area contributed by atoms with Crippen molar-refractivity contribution in [1.82, 2.24) is 0 Å². The molecule has 0 aliphatic carbocycles. The van der Waals surface area contributed by atoms with E-state index in [1.807, 2.05) is 0 Å². The monoisotopic (exact) mass is 656 g/mol. The van der Waals surface area contributed by atoms with Gasteiger partial charge in [0, 0.05) is 9.52 Å². The van der Waals surface area contributed by atoms with Crippen LogP contribution in [0.3, 0.4) is 0 Å². The predicted molar refractivity (Wildman–Crippen MR) is 183 cm³/mol. The third kappa shape index (κ3) is 18.1. The van der Waals surface area contributed by atoms with Crippen LogP contribution in [0.1, 0.15) is 125 Å². The lowest BCUT2D eigenvalue weighted by molar-refractivity contribution is -0.0504. The zero-order valence-corrected chi connectivity index (χ0v) is 34.1. The molecule has 0 amide bonds. The molecule has 0 aromatic heterocycles. The van der Waals surface area contributed by atoms with Gasteiger partial charge in [0.2, 0.25) is 9.04 Å². The Morgan fingerprint density at radius 3 is 1.10 bits per heavy atom. The summed E-state index contributed by atoms with van der Waals surface area (Å²) < 4.78 is 63.4. The maximum Gasteiger partial charge on any atom is 0.522 e. The summed E-state index contributed by atoms with van der Waals surface area (Å²) >= 11 is 0. The maximum atomic E-state index is 12.3. The Morgan fingerprint density at radius 2 is 0.902 bits per heavy atom. The van der Waals surface area contributed by atoms with Crippen LogP contribution in [0.5, 0.6) is 0 Å². The number of hydrogen-bond donors (Lipinski definition) is 0. The zero-order chi connectivity index (χ0) is 33.7. The molecule has 0 radical (unpaired) electrons. The van der Waals surface area contributed by atoms with Gasteiger partial charge in [-0.25, -0.2) is 0 Å². The quantitative estimate of drug-likeness (QED) is 0.240. The molecular weight excluding hydrogens is 594 g/mol. The molecule has 0 aliphatic rings. The van der Waals surface area contributed by atoms with Gasteiger partial charge in [0.05, 0.1) is 8.80 Å². The molecule has 0 heterocycles. The van der Waals surface area contributed by atoms with Crippen molar-refractivity contribution < 1.29 is 25.5 Å². The summed E-state index contributed by atoms with van der Waals surface area (Å²) in [5, 5.41) is 2.56. The molecule has 1 aromatic rings. The highest BCUT2D eigenvalue weighted by molar-refractivity contribution is 7.88. The molecule has 3 nitrogen and oxygen atoms in total. The van der Waals surface area contributed by atoms with E-state index in [-0.39, 0.29) is 9.52 Å². The minimum absolute atomic E-state index is 0.0880. The standard InChI is InChI=1S/C14H24Si.C9H19F3O3SSi.C8H20Si/c1-13(2,3)15(14(4,5)6)12-10-8-7-9-11-12;1-7(2,3)17(8(4,5)6)15-16(13,14)9(10,11)12;1-7(2,3)9-8(4,5)6/h7-11,15H,1-6H3;17H,1-6H3;9H2,1-6H3. The van der Waals surface area contributed by atoms with E-state index >= 15 is 0 Å². The highest BCUT2D eigenvalue weighted by Gasteiger charge is 2.52. The summed E-state index contributed by atoms with van der Waals surface area (Å²) in [6, 6.07) is 11.1. The van der Waals surface area contributed by atoms with Gasteiger partial charge in [-0.1, -0.05) is 160 Å². The lowest BCUT2D eigenvalue weighted by atomic mass is 10.2. The van der Waals surface area contributed by atoms with Gasteiger partial charge >= 0.3 is 15.6 Å². The highest BCUT2D eigenvalue weighted by Crippen LogP contribution is 2.45. The molecule has 0 atom stereocenters. The lowest BCUT2D eigenvalue weighted by Gasteiger charge is -2.39. The SMILES string of the molecule is CC(C)(C)[SiH2]C(C)(C)C.CC(C)(C)[SiH](OS(=O)(=O)C(F)(F)F)C(C)(C)C.CC(C)(C)[SiH](c1ccccc1)C(C)(C)C. The van der Waals surface area contributed by atoms with Crippen LogP contribution in [0.15, 0.2) is 30.3 Å². The van der Waals surface area contributed by atoms with Crippen molar-refractivity contribution in [2.24, 2.45) is 0 Å². The molecule has 0 bridgehead atoms. The largest absolute Gasteiger partial charge is 0.522 e. The van der Waals surface area contributed by atoms with Gasteiger partial charge in [0.1, 0.15) is 0 Å². The van der Waals surface area contributed by atoms with Crippen LogP contribution in [0.4, 0.5) is 13.2 Å². The van der Waals surface area contributed by atoms with Gasteiger partial charge in [-0.05, 0) is 30.2 Å². The Balaban J connectivity index is 0. The van der Waals surface area contributed by atoms with Crippen LogP contribution in [0, 0.1) is 0 Å². The number of hydrogen-bond acceptors (Lipinski definition) is 3. The van der Waals surface area contributed by atoms with Crippen molar-refractivity contribution in [3.05, 3.63) is 30.3 Å². The van der Waals surface area contributed by atoms with Crippen LogP contribution in [-0.4, -0.2) is 41.3 Å². The second kappa shape index (κ2) is 14.6. The fourth-order valence-corrected chi connectivity index (χ4v) is 21.0. The van der Waals surface area contributed by atoms with Crippen LogP contribution < -0.4 is 5.19 Å². The number of alkyl halides is 3. The molecule has 0 N–H and O–H groups in total. The minimum Gasteiger partial charge on any atom is -0.311 e. The van der Waals surface area contributed by atoms with E-state index in [9.17, 15) is 21.6 Å². The number of benzene rings is 1. The first kappa shape index (κ1) is 42.7. The van der Waals surface area contributed by atoms with Gasteiger partial charge in [-0.2, -0.15) is 21.6 Å². The van der Waals surface area contributed by atoms with Crippen molar-refractivity contribution in [1.29, 1.82) is 0 Å². The van der Waals surface area contributed by atoms with Crippen LogP contribution >= 0.6 is 0 Å². The van der Waals surface area contributed by atoms with Crippen LogP contribution in [0.2, 0.25) is 30.2 Å². The summed E-state index contributed by atoms with van der Waals surface area (Å²) in [6.07, 6.45) is 0. The predicted octanol–water partition coefficient (Wildman–Crippen LogP) is 9.49. The molecule has 1 rings (SSSR count). The third-order valence-corrected chi connectivity index (χ3v) is 18.1. The zero-order valence-electron chi connectivity index (χ0n) is 29.5. The third-order valence-electron chi connectivity index (χ3n) is 6.01. The van der Waals surface area contributed by atoms with Crippen molar-refractivity contribution in [3.8, 4) is 0 Å². The van der Waals surface area contributed by atoms with E-state index in [0.29, 0.717) is 20.2 Å². The summed E-state index contributed by atoms with van der Waals surface area (Å²) in [6.45, 7) is 38.6. The smallest absolute Gasteiger partial charge is 0.311 e. The first-order valence-electron chi connectivity index (χ1n) is 14.6. The van der Waals surface area contributed by atoms with E-state index in [0.717, 1.165) is 0 Å². The van der Waals surface area contributed by atoms with Crippen molar-refractivity contribution in [2.45, 2.75) is 160 Å². The Kier molecular flexibility index (Phi) is 15.2. The van der Waals surface area contributed by atoms with E-state index in [1.54, 1.807) is 46.7 Å². The average molecular weight is 657 g/mol. The average Bonchev–Trinajstić information content (AvgIpc) is 2.60. The molecule has 0 spiro atoms. The molecule has 0 saturated heterocycles. The summed E-state index contributed by atoms with van der Waals surface area (Å²) in [5.41, 5.74) is -5.35. The van der Waals surface area contributed by atoms with Crippen LogP contribution in [0.25, 0.3) is 0 Å². The normalized spacial score (nSPS) is 14.3. The van der Waals surface area contributed by atoms with Crippen molar-refractivity contribution >= 4 is 42.7 Å². The number of halogens is 3. The fraction of sp³-hybridized carbons (Fsp3) is 0.806. The maximum absolute atomic E-state index is 12.3. The second-order valence-electron chi connectivity index (χ2n) is 18.0. The molecule has 1 aromatic carbocycles. The molecular formula is C31H63F3O3SSi3. The summed E-state index contributed by atoms with van der Waals surface area (Å²) in [4.78, 5) is 0. The first-order valence-corrected chi connectivity index (χ1v) is 20.7.